The van der Waals surface area contributed by atoms with Gasteiger partial charge in [0.2, 0.25) is 0 Å². The molecule has 1 amide bonds. The maximum atomic E-state index is 12.4. The van der Waals surface area contributed by atoms with Gasteiger partial charge in [-0.25, -0.2) is 9.78 Å². The fraction of sp³-hybridized carbons (Fsp3) is 0.522. The molecule has 1 N–H and O–H groups in total. The molecule has 0 atom stereocenters. The van der Waals surface area contributed by atoms with Crippen LogP contribution < -0.4 is 0 Å². The maximum Gasteiger partial charge on any atom is 0.410 e. The summed E-state index contributed by atoms with van der Waals surface area (Å²) in [7, 11) is 0. The first kappa shape index (κ1) is 19.2. The lowest BCUT2D eigenvalue weighted by atomic mass is 9.75. The lowest BCUT2D eigenvalue weighted by Crippen LogP contribution is -2.46. The highest BCUT2D eigenvalue weighted by Gasteiger charge is 2.44. The van der Waals surface area contributed by atoms with Gasteiger partial charge < -0.3 is 14.6 Å². The summed E-state index contributed by atoms with van der Waals surface area (Å²) in [5.74, 6) is 0. The van der Waals surface area contributed by atoms with E-state index in [0.29, 0.717) is 0 Å². The molecule has 1 fully saturated rings. The van der Waals surface area contributed by atoms with Gasteiger partial charge in [-0.05, 0) is 64.7 Å². The first-order chi connectivity index (χ1) is 14.2. The number of pyridine rings is 1. The van der Waals surface area contributed by atoms with Crippen LogP contribution in [0.25, 0.3) is 22.3 Å². The minimum absolute atomic E-state index is 0.102. The van der Waals surface area contributed by atoms with E-state index in [1.54, 1.807) is 0 Å². The van der Waals surface area contributed by atoms with Crippen LogP contribution in [0.1, 0.15) is 51.3 Å². The molecule has 0 unspecified atom stereocenters. The number of rotatable bonds is 1. The summed E-state index contributed by atoms with van der Waals surface area (Å²) in [5, 5.41) is 6.04. The molecule has 1 saturated heterocycles. The minimum Gasteiger partial charge on any atom is -0.444 e. The second-order valence-corrected chi connectivity index (χ2v) is 9.73. The molecular weight excluding hydrogens is 378 g/mol. The first-order valence-corrected chi connectivity index (χ1v) is 10.7. The zero-order chi connectivity index (χ0) is 21.1. The lowest BCUT2D eigenvalue weighted by molar-refractivity contribution is 0.0164. The standard InChI is InChI=1S/C23H29N5O2/c1-15-13-24-20-17(15)11-16(14-25-20)18-12-19-23(7-10-28(19)26-18)5-8-27(9-6-23)21(29)30-22(2,3)4/h11-14H,5-10H2,1-4H3,(H,24,25). The fourth-order valence-electron chi connectivity index (χ4n) is 4.83. The number of aryl methyl sites for hydroxylation is 2. The largest absolute Gasteiger partial charge is 0.444 e. The third kappa shape index (κ3) is 3.16. The summed E-state index contributed by atoms with van der Waals surface area (Å²) >= 11 is 0. The lowest BCUT2D eigenvalue weighted by Gasteiger charge is -2.39. The predicted octanol–water partition coefficient (Wildman–Crippen LogP) is 4.41. The van der Waals surface area contributed by atoms with E-state index >= 15 is 0 Å². The number of nitrogens with one attached hydrogen (secondary N) is 1. The molecule has 2 aliphatic heterocycles. The van der Waals surface area contributed by atoms with Crippen LogP contribution in [-0.4, -0.2) is 49.4 Å². The van der Waals surface area contributed by atoms with E-state index in [4.69, 9.17) is 9.84 Å². The molecule has 5 rings (SSSR count). The smallest absolute Gasteiger partial charge is 0.410 e. The zero-order valence-electron chi connectivity index (χ0n) is 18.2. The number of carbonyl (C=O) groups is 1. The van der Waals surface area contributed by atoms with Crippen molar-refractivity contribution in [3.8, 4) is 11.3 Å². The first-order valence-electron chi connectivity index (χ1n) is 10.7. The van der Waals surface area contributed by atoms with E-state index in [1.165, 1.54) is 11.3 Å². The van der Waals surface area contributed by atoms with Crippen molar-refractivity contribution in [2.24, 2.45) is 0 Å². The van der Waals surface area contributed by atoms with Gasteiger partial charge in [-0.1, -0.05) is 0 Å². The Morgan fingerprint density at radius 3 is 2.63 bits per heavy atom. The third-order valence-electron chi connectivity index (χ3n) is 6.53. The van der Waals surface area contributed by atoms with Gasteiger partial charge in [0, 0.05) is 54.1 Å². The number of ether oxygens (including phenoxy) is 1. The summed E-state index contributed by atoms with van der Waals surface area (Å²) < 4.78 is 7.72. The van der Waals surface area contributed by atoms with Crippen molar-refractivity contribution < 1.29 is 9.53 Å². The van der Waals surface area contributed by atoms with Crippen LogP contribution in [0.2, 0.25) is 0 Å². The molecule has 30 heavy (non-hydrogen) atoms. The number of aromatic nitrogens is 4. The molecular formula is C23H29N5O2. The number of H-pyrrole nitrogens is 1. The van der Waals surface area contributed by atoms with Crippen molar-refractivity contribution in [2.45, 2.75) is 64.5 Å². The Labute approximate surface area is 176 Å². The highest BCUT2D eigenvalue weighted by atomic mass is 16.6. The Hall–Kier alpha value is -2.83. The SMILES string of the molecule is Cc1c[nH]c2ncc(-c3cc4n(n3)CCC43CCN(C(=O)OC(C)(C)C)CC3)cc12. The van der Waals surface area contributed by atoms with Gasteiger partial charge in [-0.15, -0.1) is 0 Å². The second kappa shape index (κ2) is 6.59. The number of likely N-dealkylation sites (tertiary alicyclic amines) is 1. The van der Waals surface area contributed by atoms with Crippen LogP contribution in [0.15, 0.2) is 24.5 Å². The van der Waals surface area contributed by atoms with Crippen LogP contribution in [0.5, 0.6) is 0 Å². The summed E-state index contributed by atoms with van der Waals surface area (Å²) in [6.07, 6.45) is 6.67. The maximum absolute atomic E-state index is 12.4. The van der Waals surface area contributed by atoms with Crippen molar-refractivity contribution in [1.29, 1.82) is 0 Å². The number of carbonyl (C=O) groups excluding carboxylic acids is 1. The average molecular weight is 408 g/mol. The summed E-state index contributed by atoms with van der Waals surface area (Å²) in [6.45, 7) is 10.2. The molecule has 7 heteroatoms. The van der Waals surface area contributed by atoms with Gasteiger partial charge in [0.15, 0.2) is 0 Å². The van der Waals surface area contributed by atoms with Crippen molar-refractivity contribution in [3.05, 3.63) is 35.8 Å². The van der Waals surface area contributed by atoms with Crippen molar-refractivity contribution in [3.63, 3.8) is 0 Å². The van der Waals surface area contributed by atoms with E-state index in [0.717, 1.165) is 61.2 Å². The number of hydrogen-bond acceptors (Lipinski definition) is 4. The highest BCUT2D eigenvalue weighted by molar-refractivity contribution is 5.83. The highest BCUT2D eigenvalue weighted by Crippen LogP contribution is 2.44. The molecule has 2 aliphatic rings. The minimum atomic E-state index is -0.458. The van der Waals surface area contributed by atoms with Crippen molar-refractivity contribution in [1.82, 2.24) is 24.6 Å². The van der Waals surface area contributed by atoms with Crippen LogP contribution in [-0.2, 0) is 16.7 Å². The fourth-order valence-corrected chi connectivity index (χ4v) is 4.83. The molecule has 0 aliphatic carbocycles. The average Bonchev–Trinajstić information content (AvgIpc) is 3.37. The molecule has 0 aromatic carbocycles. The Balaban J connectivity index is 1.37. The van der Waals surface area contributed by atoms with Gasteiger partial charge in [0.1, 0.15) is 11.2 Å². The third-order valence-corrected chi connectivity index (χ3v) is 6.53. The van der Waals surface area contributed by atoms with Crippen molar-refractivity contribution in [2.75, 3.05) is 13.1 Å². The Bertz CT molecular complexity index is 1110. The van der Waals surface area contributed by atoms with Crippen LogP contribution in [0, 0.1) is 6.92 Å². The molecule has 0 saturated carbocycles. The number of fused-ring (bicyclic) bond motifs is 3. The van der Waals surface area contributed by atoms with Gasteiger partial charge in [-0.3, -0.25) is 4.68 Å². The number of piperidine rings is 1. The molecule has 1 spiro atoms. The van der Waals surface area contributed by atoms with Gasteiger partial charge in [0.05, 0.1) is 5.69 Å². The van der Waals surface area contributed by atoms with Gasteiger partial charge in [0.25, 0.3) is 0 Å². The molecule has 3 aromatic rings. The molecule has 0 bridgehead atoms. The summed E-state index contributed by atoms with van der Waals surface area (Å²) in [5.41, 5.74) is 5.08. The number of aromatic amines is 1. The monoisotopic (exact) mass is 407 g/mol. The number of hydrogen-bond donors (Lipinski definition) is 1. The van der Waals surface area contributed by atoms with Crippen LogP contribution in [0.3, 0.4) is 0 Å². The number of nitrogens with zero attached hydrogens (tertiary/aromatic N) is 4. The van der Waals surface area contributed by atoms with Crippen LogP contribution in [0.4, 0.5) is 4.79 Å². The quantitative estimate of drug-likeness (QED) is 0.648. The van der Waals surface area contributed by atoms with E-state index < -0.39 is 5.60 Å². The van der Waals surface area contributed by atoms with E-state index in [2.05, 4.69) is 33.7 Å². The zero-order valence-corrected chi connectivity index (χ0v) is 18.2. The Kier molecular flexibility index (Phi) is 4.21. The Morgan fingerprint density at radius 1 is 1.17 bits per heavy atom. The van der Waals surface area contributed by atoms with Crippen LogP contribution >= 0.6 is 0 Å². The molecule has 5 heterocycles. The van der Waals surface area contributed by atoms with E-state index in [1.807, 2.05) is 38.1 Å². The predicted molar refractivity (Wildman–Crippen MR) is 115 cm³/mol. The second-order valence-electron chi connectivity index (χ2n) is 9.73. The number of amides is 1. The summed E-state index contributed by atoms with van der Waals surface area (Å²) in [6, 6.07) is 4.41. The molecule has 158 valence electrons. The van der Waals surface area contributed by atoms with Gasteiger partial charge >= 0.3 is 6.09 Å². The molecule has 3 aromatic heterocycles. The molecule has 7 nitrogen and oxygen atoms in total. The topological polar surface area (TPSA) is 76.0 Å². The molecule has 0 radical (unpaired) electrons. The Morgan fingerprint density at radius 2 is 1.90 bits per heavy atom. The van der Waals surface area contributed by atoms with Crippen molar-refractivity contribution >= 4 is 17.1 Å². The normalized spacial score (nSPS) is 18.2. The van der Waals surface area contributed by atoms with Gasteiger partial charge in [-0.2, -0.15) is 5.10 Å². The van der Waals surface area contributed by atoms with E-state index in [-0.39, 0.29) is 11.5 Å². The summed E-state index contributed by atoms with van der Waals surface area (Å²) in [4.78, 5) is 22.1. The van der Waals surface area contributed by atoms with E-state index in [9.17, 15) is 4.79 Å².